The van der Waals surface area contributed by atoms with Gasteiger partial charge in [0, 0.05) is 33.0 Å². The Kier molecular flexibility index (Phi) is 3.65. The van der Waals surface area contributed by atoms with E-state index in [1.807, 2.05) is 54.9 Å². The van der Waals surface area contributed by atoms with Crippen molar-refractivity contribution in [2.45, 2.75) is 11.8 Å². The smallest absolute Gasteiger partial charge is 0.282 e. The van der Waals surface area contributed by atoms with E-state index in [9.17, 15) is 4.79 Å². The number of alkyl halides is 1. The largest absolute Gasteiger partial charge is 0.377 e. The molecule has 0 fully saturated rings. The topological polar surface area (TPSA) is 56.0 Å². The number of hydrogen-bond donors (Lipinski definition) is 0. The van der Waals surface area contributed by atoms with Crippen LogP contribution in [-0.2, 0) is 7.05 Å². The number of anilines is 1. The summed E-state index contributed by atoms with van der Waals surface area (Å²) in [6.45, 7) is 0. The van der Waals surface area contributed by atoms with Crippen molar-refractivity contribution in [1.29, 1.82) is 0 Å². The third-order valence-electron chi connectivity index (χ3n) is 4.53. The molecule has 7 heteroatoms. The van der Waals surface area contributed by atoms with Gasteiger partial charge in [0.05, 0.1) is 16.5 Å². The Hall–Kier alpha value is -2.60. The lowest BCUT2D eigenvalue weighted by Gasteiger charge is -2.13. The monoisotopic (exact) mass is 355 g/mol. The fraction of sp³-hybridized carbons (Fsp3) is 0.278. The van der Waals surface area contributed by atoms with E-state index in [1.54, 1.807) is 17.1 Å². The molecule has 3 aromatic rings. The third-order valence-corrected chi connectivity index (χ3v) is 4.86. The number of hydrogen-bond acceptors (Lipinski definition) is 4. The Labute approximate surface area is 149 Å². The molecule has 25 heavy (non-hydrogen) atoms. The average molecular weight is 356 g/mol. The molecule has 0 radical (unpaired) electrons. The van der Waals surface area contributed by atoms with E-state index in [1.165, 1.54) is 0 Å². The molecule has 3 aromatic heterocycles. The lowest BCUT2D eigenvalue weighted by Crippen LogP contribution is -2.21. The predicted octanol–water partition coefficient (Wildman–Crippen LogP) is 2.76. The van der Waals surface area contributed by atoms with Gasteiger partial charge in [-0.3, -0.25) is 9.36 Å². The summed E-state index contributed by atoms with van der Waals surface area (Å²) in [7, 11) is 5.79. The summed E-state index contributed by atoms with van der Waals surface area (Å²) in [5.74, 6) is 0. The van der Waals surface area contributed by atoms with Gasteiger partial charge in [-0.25, -0.2) is 9.97 Å². The molecule has 0 aliphatic heterocycles. The summed E-state index contributed by atoms with van der Waals surface area (Å²) >= 11 is 6.08. The molecular formula is C18H18ClN5O. The highest BCUT2D eigenvalue weighted by Crippen LogP contribution is 2.31. The first-order valence-electron chi connectivity index (χ1n) is 8.04. The zero-order chi connectivity index (χ0) is 17.7. The molecule has 1 unspecified atom stereocenters. The van der Waals surface area contributed by atoms with Crippen molar-refractivity contribution in [3.63, 3.8) is 0 Å². The molecule has 0 spiro atoms. The second-order valence-corrected chi connectivity index (χ2v) is 6.90. The fourth-order valence-electron chi connectivity index (χ4n) is 3.28. The van der Waals surface area contributed by atoms with Crippen LogP contribution in [0.1, 0.15) is 6.42 Å². The van der Waals surface area contributed by atoms with E-state index in [0.29, 0.717) is 17.5 Å². The lowest BCUT2D eigenvalue weighted by atomic mass is 10.1. The first-order valence-corrected chi connectivity index (χ1v) is 8.47. The third kappa shape index (κ3) is 2.36. The van der Waals surface area contributed by atoms with Crippen LogP contribution in [0.4, 0.5) is 5.69 Å². The van der Waals surface area contributed by atoms with Crippen molar-refractivity contribution in [2.24, 2.45) is 7.05 Å². The van der Waals surface area contributed by atoms with E-state index in [0.717, 1.165) is 22.4 Å². The van der Waals surface area contributed by atoms with Crippen molar-refractivity contribution in [2.75, 3.05) is 19.0 Å². The SMILES string of the molecule is CN(C)c1ccnc2c1c1ncn(C3=CCC(Cl)C=C3)c(=O)c1n2C. The number of aromatic nitrogens is 4. The van der Waals surface area contributed by atoms with Crippen LogP contribution in [0.5, 0.6) is 0 Å². The minimum Gasteiger partial charge on any atom is -0.377 e. The van der Waals surface area contributed by atoms with E-state index >= 15 is 0 Å². The number of fused-ring (bicyclic) bond motifs is 3. The Morgan fingerprint density at radius 3 is 2.80 bits per heavy atom. The standard InChI is InChI=1S/C18H18ClN5O/c1-22(2)13-8-9-20-17-14(13)15-16(23(17)3)18(25)24(10-21-15)12-6-4-11(19)5-7-12/h4,6-11H,5H2,1-3H3. The molecule has 6 nitrogen and oxygen atoms in total. The predicted molar refractivity (Wildman–Crippen MR) is 102 cm³/mol. The van der Waals surface area contributed by atoms with Gasteiger partial charge in [0.2, 0.25) is 0 Å². The summed E-state index contributed by atoms with van der Waals surface area (Å²) in [5, 5.41) is 0.865. The zero-order valence-electron chi connectivity index (χ0n) is 14.3. The first kappa shape index (κ1) is 15.9. The highest BCUT2D eigenvalue weighted by molar-refractivity contribution is 6.22. The molecule has 0 saturated carbocycles. The minimum absolute atomic E-state index is 0.0272. The average Bonchev–Trinajstić information content (AvgIpc) is 2.90. The van der Waals surface area contributed by atoms with Gasteiger partial charge in [-0.05, 0) is 18.6 Å². The Morgan fingerprint density at radius 1 is 1.32 bits per heavy atom. The fourth-order valence-corrected chi connectivity index (χ4v) is 3.44. The molecule has 128 valence electrons. The molecule has 4 rings (SSSR count). The molecule has 1 aliphatic carbocycles. The van der Waals surface area contributed by atoms with Crippen LogP contribution in [0, 0.1) is 0 Å². The number of rotatable bonds is 2. The molecule has 0 saturated heterocycles. The summed E-state index contributed by atoms with van der Waals surface area (Å²) in [4.78, 5) is 24.2. The first-order chi connectivity index (χ1) is 12.0. The molecule has 0 aromatic carbocycles. The van der Waals surface area contributed by atoms with Gasteiger partial charge >= 0.3 is 0 Å². The summed E-state index contributed by atoms with van der Waals surface area (Å²) < 4.78 is 3.39. The Bertz CT molecular complexity index is 1110. The highest BCUT2D eigenvalue weighted by atomic mass is 35.5. The second-order valence-electron chi connectivity index (χ2n) is 6.34. The van der Waals surface area contributed by atoms with Gasteiger partial charge in [0.25, 0.3) is 5.56 Å². The van der Waals surface area contributed by atoms with Gasteiger partial charge in [-0.2, -0.15) is 0 Å². The van der Waals surface area contributed by atoms with Crippen molar-refractivity contribution in [3.05, 3.63) is 47.2 Å². The van der Waals surface area contributed by atoms with Gasteiger partial charge < -0.3 is 9.47 Å². The van der Waals surface area contributed by atoms with Crippen LogP contribution < -0.4 is 10.5 Å². The number of allylic oxidation sites excluding steroid dienone is 4. The second kappa shape index (κ2) is 5.74. The van der Waals surface area contributed by atoms with Crippen LogP contribution >= 0.6 is 11.6 Å². The Morgan fingerprint density at radius 2 is 2.12 bits per heavy atom. The molecule has 0 N–H and O–H groups in total. The van der Waals surface area contributed by atoms with Crippen molar-refractivity contribution in [3.8, 4) is 0 Å². The molecule has 1 atom stereocenters. The molecule has 0 bridgehead atoms. The Balaban J connectivity index is 2.05. The van der Waals surface area contributed by atoms with Crippen molar-refractivity contribution >= 4 is 45.1 Å². The highest BCUT2D eigenvalue weighted by Gasteiger charge is 2.19. The van der Waals surface area contributed by atoms with Crippen LogP contribution in [0.15, 0.2) is 41.6 Å². The lowest BCUT2D eigenvalue weighted by molar-refractivity contribution is 0.922. The summed E-state index contributed by atoms with van der Waals surface area (Å²) in [5.41, 5.74) is 3.63. The maximum absolute atomic E-state index is 13.1. The van der Waals surface area contributed by atoms with E-state index < -0.39 is 0 Å². The van der Waals surface area contributed by atoms with Crippen LogP contribution in [0.2, 0.25) is 0 Å². The van der Waals surface area contributed by atoms with Gasteiger partial charge in [-0.15, -0.1) is 11.6 Å². The van der Waals surface area contributed by atoms with E-state index in [-0.39, 0.29) is 10.9 Å². The molecule has 3 heterocycles. The number of aryl methyl sites for hydroxylation is 1. The molecular weight excluding hydrogens is 338 g/mol. The number of nitrogens with zero attached hydrogens (tertiary/aromatic N) is 5. The molecule has 0 amide bonds. The van der Waals surface area contributed by atoms with Crippen LogP contribution in [-0.4, -0.2) is 38.6 Å². The summed E-state index contributed by atoms with van der Waals surface area (Å²) in [6.07, 6.45) is 9.74. The normalized spacial score (nSPS) is 17.3. The van der Waals surface area contributed by atoms with Crippen molar-refractivity contribution < 1.29 is 0 Å². The minimum atomic E-state index is -0.112. The number of halogens is 1. The van der Waals surface area contributed by atoms with E-state index in [4.69, 9.17) is 11.6 Å². The van der Waals surface area contributed by atoms with Gasteiger partial charge in [0.15, 0.2) is 0 Å². The van der Waals surface area contributed by atoms with Crippen LogP contribution in [0.3, 0.4) is 0 Å². The quantitative estimate of drug-likeness (QED) is 0.663. The van der Waals surface area contributed by atoms with Crippen LogP contribution in [0.25, 0.3) is 27.8 Å². The zero-order valence-corrected chi connectivity index (χ0v) is 15.0. The van der Waals surface area contributed by atoms with Crippen molar-refractivity contribution in [1.82, 2.24) is 19.1 Å². The molecule has 1 aliphatic rings. The number of pyridine rings is 1. The van der Waals surface area contributed by atoms with E-state index in [2.05, 4.69) is 9.97 Å². The van der Waals surface area contributed by atoms with Gasteiger partial charge in [-0.1, -0.05) is 12.2 Å². The summed E-state index contributed by atoms with van der Waals surface area (Å²) in [6, 6.07) is 1.93. The maximum Gasteiger partial charge on any atom is 0.282 e. The maximum atomic E-state index is 13.1. The van der Waals surface area contributed by atoms with Gasteiger partial charge in [0.1, 0.15) is 23.0 Å².